The van der Waals surface area contributed by atoms with Gasteiger partial charge in [-0.3, -0.25) is 29.4 Å². The number of anilines is 1. The zero-order valence-electron chi connectivity index (χ0n) is 16.5. The summed E-state index contributed by atoms with van der Waals surface area (Å²) in [5, 5.41) is 22.0. The van der Waals surface area contributed by atoms with Crippen molar-refractivity contribution >= 4 is 40.5 Å². The lowest BCUT2D eigenvalue weighted by Gasteiger charge is -2.13. The number of nitrogens with one attached hydrogen (secondary N) is 1. The normalized spacial score (nSPS) is 12.8. The Kier molecular flexibility index (Phi) is 5.49. The Balaban J connectivity index is 1.41. The number of nitrogens with zero attached hydrogens (tertiary/aromatic N) is 4. The van der Waals surface area contributed by atoms with Gasteiger partial charge < -0.3 is 5.32 Å². The lowest BCUT2D eigenvalue weighted by atomic mass is 10.1. The third-order valence-electron chi connectivity index (χ3n) is 4.66. The summed E-state index contributed by atoms with van der Waals surface area (Å²) < 4.78 is 0. The van der Waals surface area contributed by atoms with E-state index in [4.69, 9.17) is 0 Å². The second-order valence-electron chi connectivity index (χ2n) is 6.78. The molecule has 0 aliphatic carbocycles. The average Bonchev–Trinajstić information content (AvgIpc) is 3.04. The zero-order chi connectivity index (χ0) is 22.7. The first-order chi connectivity index (χ1) is 15.4. The van der Waals surface area contributed by atoms with Crippen LogP contribution < -0.4 is 5.32 Å². The van der Waals surface area contributed by atoms with Gasteiger partial charge in [0.2, 0.25) is 5.91 Å². The number of carbonyl (C=O) groups is 3. The van der Waals surface area contributed by atoms with Crippen LogP contribution in [0.3, 0.4) is 0 Å². The number of nitro benzene ring substituents is 1. The SMILES string of the molecule is O=C(CN1C(=O)c2cccc([N+](=O)[O-])c2C1=O)Nc1ccc(N=Nc2ccccc2)cc1. The van der Waals surface area contributed by atoms with Gasteiger partial charge in [0.25, 0.3) is 17.5 Å². The van der Waals surface area contributed by atoms with Crippen molar-refractivity contribution in [1.29, 1.82) is 0 Å². The molecule has 0 aromatic heterocycles. The molecule has 3 aromatic carbocycles. The molecule has 0 fully saturated rings. The first kappa shape index (κ1) is 20.5. The first-order valence-electron chi connectivity index (χ1n) is 9.44. The Bertz CT molecular complexity index is 1260. The van der Waals surface area contributed by atoms with Crippen LogP contribution in [-0.4, -0.2) is 34.1 Å². The molecule has 158 valence electrons. The van der Waals surface area contributed by atoms with Crippen LogP contribution in [-0.2, 0) is 4.79 Å². The fraction of sp³-hybridized carbons (Fsp3) is 0.0455. The summed E-state index contributed by atoms with van der Waals surface area (Å²) in [6, 6.07) is 19.5. The first-order valence-corrected chi connectivity index (χ1v) is 9.44. The number of carbonyl (C=O) groups excluding carboxylic acids is 3. The number of nitro groups is 1. The second-order valence-corrected chi connectivity index (χ2v) is 6.78. The Hall–Kier alpha value is -4.73. The highest BCUT2D eigenvalue weighted by atomic mass is 16.6. The van der Waals surface area contributed by atoms with E-state index in [9.17, 15) is 24.5 Å². The molecule has 0 spiro atoms. The van der Waals surface area contributed by atoms with E-state index < -0.39 is 34.9 Å². The van der Waals surface area contributed by atoms with Crippen LogP contribution in [0.15, 0.2) is 83.0 Å². The minimum atomic E-state index is -0.871. The van der Waals surface area contributed by atoms with E-state index in [1.807, 2.05) is 30.3 Å². The number of rotatable bonds is 6. The third-order valence-corrected chi connectivity index (χ3v) is 4.66. The molecule has 32 heavy (non-hydrogen) atoms. The molecule has 4 rings (SSSR count). The van der Waals surface area contributed by atoms with Crippen LogP contribution in [0, 0.1) is 10.1 Å². The van der Waals surface area contributed by atoms with Gasteiger partial charge in [0, 0.05) is 11.8 Å². The minimum absolute atomic E-state index is 0.0925. The zero-order valence-corrected chi connectivity index (χ0v) is 16.5. The number of amides is 3. The lowest BCUT2D eigenvalue weighted by Crippen LogP contribution is -2.37. The summed E-state index contributed by atoms with van der Waals surface area (Å²) in [4.78, 5) is 48.6. The van der Waals surface area contributed by atoms with Crippen LogP contribution in [0.25, 0.3) is 0 Å². The summed E-state index contributed by atoms with van der Waals surface area (Å²) in [6.07, 6.45) is 0. The maximum atomic E-state index is 12.6. The predicted octanol–water partition coefficient (Wildman–Crippen LogP) is 4.24. The van der Waals surface area contributed by atoms with E-state index in [1.54, 1.807) is 24.3 Å². The van der Waals surface area contributed by atoms with E-state index in [-0.39, 0.29) is 11.1 Å². The highest BCUT2D eigenvalue weighted by Crippen LogP contribution is 2.30. The summed E-state index contributed by atoms with van der Waals surface area (Å²) in [5.41, 5.74) is 0.833. The summed E-state index contributed by atoms with van der Waals surface area (Å²) >= 11 is 0. The number of hydrogen-bond acceptors (Lipinski definition) is 7. The summed E-state index contributed by atoms with van der Waals surface area (Å²) in [5.74, 6) is -2.24. The van der Waals surface area contributed by atoms with Crippen molar-refractivity contribution in [3.8, 4) is 0 Å². The number of imide groups is 1. The largest absolute Gasteiger partial charge is 0.325 e. The van der Waals surface area contributed by atoms with Crippen molar-refractivity contribution in [1.82, 2.24) is 4.90 Å². The third kappa shape index (κ3) is 4.10. The van der Waals surface area contributed by atoms with Crippen molar-refractivity contribution in [2.24, 2.45) is 10.2 Å². The average molecular weight is 429 g/mol. The van der Waals surface area contributed by atoms with E-state index in [0.717, 1.165) is 6.07 Å². The number of hydrogen-bond donors (Lipinski definition) is 1. The standard InChI is InChI=1S/C22H15N5O5/c28-19(13-26-21(29)17-7-4-8-18(27(31)32)20(17)22(26)30)23-14-9-11-16(12-10-14)25-24-15-5-2-1-3-6-15/h1-12H,13H2,(H,23,28). The van der Waals surface area contributed by atoms with Crippen molar-refractivity contribution in [2.45, 2.75) is 0 Å². The summed E-state index contributed by atoms with van der Waals surface area (Å²) in [6.45, 7) is -0.570. The van der Waals surface area contributed by atoms with Gasteiger partial charge in [-0.2, -0.15) is 10.2 Å². The maximum absolute atomic E-state index is 12.6. The maximum Gasteiger partial charge on any atom is 0.282 e. The molecule has 10 heteroatoms. The van der Waals surface area contributed by atoms with Crippen molar-refractivity contribution in [2.75, 3.05) is 11.9 Å². The number of benzene rings is 3. The van der Waals surface area contributed by atoms with Crippen LogP contribution in [0.4, 0.5) is 22.7 Å². The molecule has 0 unspecified atom stereocenters. The van der Waals surface area contributed by atoms with Crippen LogP contribution in [0.2, 0.25) is 0 Å². The Morgan fingerprint density at radius 1 is 0.875 bits per heavy atom. The molecular weight excluding hydrogens is 414 g/mol. The number of fused-ring (bicyclic) bond motifs is 1. The van der Waals surface area contributed by atoms with Gasteiger partial charge in [0.15, 0.2) is 0 Å². The van der Waals surface area contributed by atoms with Gasteiger partial charge >= 0.3 is 0 Å². The molecule has 0 saturated carbocycles. The Labute approximate surface area is 181 Å². The van der Waals surface area contributed by atoms with Gasteiger partial charge in [-0.1, -0.05) is 24.3 Å². The van der Waals surface area contributed by atoms with E-state index >= 15 is 0 Å². The molecule has 0 bridgehead atoms. The fourth-order valence-corrected chi connectivity index (χ4v) is 3.18. The molecule has 3 aromatic rings. The van der Waals surface area contributed by atoms with Gasteiger partial charge in [-0.25, -0.2) is 0 Å². The molecule has 1 heterocycles. The molecule has 1 aliphatic rings. The highest BCUT2D eigenvalue weighted by Gasteiger charge is 2.41. The van der Waals surface area contributed by atoms with Crippen LogP contribution >= 0.6 is 0 Å². The van der Waals surface area contributed by atoms with E-state index in [0.29, 0.717) is 22.0 Å². The fourth-order valence-electron chi connectivity index (χ4n) is 3.18. The molecule has 10 nitrogen and oxygen atoms in total. The minimum Gasteiger partial charge on any atom is -0.325 e. The Morgan fingerprint density at radius 2 is 1.53 bits per heavy atom. The lowest BCUT2D eigenvalue weighted by molar-refractivity contribution is -0.385. The van der Waals surface area contributed by atoms with Crippen LogP contribution in [0.1, 0.15) is 20.7 Å². The molecular formula is C22H15N5O5. The molecule has 3 amide bonds. The van der Waals surface area contributed by atoms with Gasteiger partial charge in [0.1, 0.15) is 12.1 Å². The topological polar surface area (TPSA) is 134 Å². The van der Waals surface area contributed by atoms with Crippen LogP contribution in [0.5, 0.6) is 0 Å². The molecule has 0 radical (unpaired) electrons. The molecule has 1 N–H and O–H groups in total. The van der Waals surface area contributed by atoms with Gasteiger partial charge in [-0.05, 0) is 42.5 Å². The predicted molar refractivity (Wildman–Crippen MR) is 114 cm³/mol. The number of azo groups is 1. The molecule has 0 saturated heterocycles. The van der Waals surface area contributed by atoms with E-state index in [2.05, 4.69) is 15.5 Å². The summed E-state index contributed by atoms with van der Waals surface area (Å²) in [7, 11) is 0. The molecule has 1 aliphatic heterocycles. The second kappa shape index (κ2) is 8.56. The van der Waals surface area contributed by atoms with Crippen molar-refractivity contribution in [3.05, 3.63) is 94.0 Å². The van der Waals surface area contributed by atoms with Gasteiger partial charge in [-0.15, -0.1) is 0 Å². The van der Waals surface area contributed by atoms with Crippen molar-refractivity contribution < 1.29 is 19.3 Å². The smallest absolute Gasteiger partial charge is 0.282 e. The monoisotopic (exact) mass is 429 g/mol. The van der Waals surface area contributed by atoms with Gasteiger partial charge in [0.05, 0.1) is 21.9 Å². The highest BCUT2D eigenvalue weighted by molar-refractivity contribution is 6.24. The van der Waals surface area contributed by atoms with Crippen molar-refractivity contribution in [3.63, 3.8) is 0 Å². The molecule has 0 atom stereocenters. The quantitative estimate of drug-likeness (QED) is 0.271. The van der Waals surface area contributed by atoms with E-state index in [1.165, 1.54) is 12.1 Å². The Morgan fingerprint density at radius 3 is 2.19 bits per heavy atom.